The van der Waals surface area contributed by atoms with Crippen LogP contribution in [-0.2, 0) is 0 Å². The Kier molecular flexibility index (Phi) is 2.03. The van der Waals surface area contributed by atoms with Crippen molar-refractivity contribution in [1.82, 2.24) is 4.98 Å². The van der Waals surface area contributed by atoms with Gasteiger partial charge in [0.15, 0.2) is 0 Å². The predicted octanol–water partition coefficient (Wildman–Crippen LogP) is 2.64. The summed E-state index contributed by atoms with van der Waals surface area (Å²) < 4.78 is 0. The highest BCUT2D eigenvalue weighted by Gasteiger charge is 2.25. The first kappa shape index (κ1) is 9.21. The van der Waals surface area contributed by atoms with Crippen molar-refractivity contribution < 1.29 is 0 Å². The molecule has 3 nitrogen and oxygen atoms in total. The summed E-state index contributed by atoms with van der Waals surface area (Å²) in [6, 6.07) is 12.4. The predicted molar refractivity (Wildman–Crippen MR) is 65.4 cm³/mol. The minimum Gasteiger partial charge on any atom is -0.360 e. The number of pyridine rings is 1. The molecule has 0 saturated heterocycles. The highest BCUT2D eigenvalue weighted by atomic mass is 15.3. The molecular formula is C13H13N3. The fraction of sp³-hybridized carbons (Fsp3) is 0.154. The zero-order valence-electron chi connectivity index (χ0n) is 9.09. The zero-order chi connectivity index (χ0) is 11.0. The van der Waals surface area contributed by atoms with Crippen molar-refractivity contribution in [3.63, 3.8) is 0 Å². The van der Waals surface area contributed by atoms with Crippen LogP contribution in [0.25, 0.3) is 0 Å². The van der Waals surface area contributed by atoms with Crippen LogP contribution in [0.15, 0.2) is 48.8 Å². The van der Waals surface area contributed by atoms with Gasteiger partial charge in [-0.05, 0) is 29.8 Å². The Hall–Kier alpha value is -2.03. The van der Waals surface area contributed by atoms with E-state index in [0.717, 1.165) is 0 Å². The van der Waals surface area contributed by atoms with E-state index in [1.54, 1.807) is 0 Å². The lowest BCUT2D eigenvalue weighted by molar-refractivity contribution is 0.790. The topological polar surface area (TPSA) is 28.2 Å². The number of rotatable bonds is 1. The summed E-state index contributed by atoms with van der Waals surface area (Å²) in [6.07, 6.45) is 3.86. The Morgan fingerprint density at radius 3 is 2.62 bits per heavy atom. The average molecular weight is 211 g/mol. The fourth-order valence-corrected chi connectivity index (χ4v) is 2.14. The molecule has 0 fully saturated rings. The van der Waals surface area contributed by atoms with Gasteiger partial charge in [-0.15, -0.1) is 0 Å². The molecule has 0 bridgehead atoms. The second-order valence-electron chi connectivity index (χ2n) is 3.96. The first-order chi connectivity index (χ1) is 7.86. The molecule has 1 atom stereocenters. The van der Waals surface area contributed by atoms with Crippen molar-refractivity contribution in [2.24, 2.45) is 0 Å². The molecule has 0 saturated carbocycles. The highest BCUT2D eigenvalue weighted by molar-refractivity contribution is 5.76. The third-order valence-electron chi connectivity index (χ3n) is 2.99. The van der Waals surface area contributed by atoms with Crippen LogP contribution in [0.5, 0.6) is 0 Å². The van der Waals surface area contributed by atoms with E-state index >= 15 is 0 Å². The summed E-state index contributed by atoms with van der Waals surface area (Å²) in [5, 5.41) is 3.50. The maximum absolute atomic E-state index is 4.04. The Labute approximate surface area is 94.7 Å². The van der Waals surface area contributed by atoms with Crippen molar-refractivity contribution in [2.75, 3.05) is 17.3 Å². The van der Waals surface area contributed by atoms with Crippen molar-refractivity contribution in [2.45, 2.75) is 6.17 Å². The summed E-state index contributed by atoms with van der Waals surface area (Å²) in [4.78, 5) is 6.29. The van der Waals surface area contributed by atoms with Crippen LogP contribution < -0.4 is 10.2 Å². The molecule has 2 heterocycles. The van der Waals surface area contributed by atoms with Gasteiger partial charge in [-0.3, -0.25) is 4.98 Å². The summed E-state index contributed by atoms with van der Waals surface area (Å²) >= 11 is 0. The van der Waals surface area contributed by atoms with Crippen LogP contribution in [0, 0.1) is 0 Å². The minimum atomic E-state index is 0.209. The van der Waals surface area contributed by atoms with E-state index in [4.69, 9.17) is 0 Å². The SMILES string of the molecule is CN1c2ccccc2NC1c1ccncc1. The summed E-state index contributed by atoms with van der Waals surface area (Å²) in [5.41, 5.74) is 3.66. The smallest absolute Gasteiger partial charge is 0.125 e. The van der Waals surface area contributed by atoms with Gasteiger partial charge in [0.1, 0.15) is 6.17 Å². The van der Waals surface area contributed by atoms with Gasteiger partial charge < -0.3 is 10.2 Å². The normalized spacial score (nSPS) is 18.1. The van der Waals surface area contributed by atoms with Crippen LogP contribution in [0.2, 0.25) is 0 Å². The van der Waals surface area contributed by atoms with Crippen LogP contribution in [0.3, 0.4) is 0 Å². The number of benzene rings is 1. The number of hydrogen-bond donors (Lipinski definition) is 1. The van der Waals surface area contributed by atoms with Crippen LogP contribution >= 0.6 is 0 Å². The van der Waals surface area contributed by atoms with Gasteiger partial charge in [0.25, 0.3) is 0 Å². The molecule has 1 unspecified atom stereocenters. The van der Waals surface area contributed by atoms with Crippen LogP contribution in [0.4, 0.5) is 11.4 Å². The molecule has 1 N–H and O–H groups in total. The molecule has 0 spiro atoms. The number of anilines is 2. The van der Waals surface area contributed by atoms with E-state index < -0.39 is 0 Å². The van der Waals surface area contributed by atoms with Crippen LogP contribution in [-0.4, -0.2) is 12.0 Å². The third-order valence-corrected chi connectivity index (χ3v) is 2.99. The average Bonchev–Trinajstić information content (AvgIpc) is 2.69. The molecule has 2 aromatic rings. The Morgan fingerprint density at radius 2 is 1.88 bits per heavy atom. The number of para-hydroxylation sites is 2. The Bertz CT molecular complexity index is 496. The molecule has 0 amide bonds. The fourth-order valence-electron chi connectivity index (χ4n) is 2.14. The van der Waals surface area contributed by atoms with Gasteiger partial charge in [0.2, 0.25) is 0 Å². The zero-order valence-corrected chi connectivity index (χ0v) is 9.09. The van der Waals surface area contributed by atoms with E-state index in [1.807, 2.05) is 24.5 Å². The minimum absolute atomic E-state index is 0.209. The van der Waals surface area contributed by atoms with Crippen molar-refractivity contribution in [3.05, 3.63) is 54.4 Å². The molecule has 1 aromatic heterocycles. The molecule has 0 aliphatic carbocycles. The monoisotopic (exact) mass is 211 g/mol. The van der Waals surface area contributed by atoms with Crippen molar-refractivity contribution in [3.8, 4) is 0 Å². The van der Waals surface area contributed by atoms with Crippen molar-refractivity contribution >= 4 is 11.4 Å². The highest BCUT2D eigenvalue weighted by Crippen LogP contribution is 2.39. The van der Waals surface area contributed by atoms with Gasteiger partial charge in [-0.1, -0.05) is 12.1 Å². The number of aromatic nitrogens is 1. The summed E-state index contributed by atoms with van der Waals surface area (Å²) in [5.74, 6) is 0. The number of fused-ring (bicyclic) bond motifs is 1. The standard InChI is InChI=1S/C13H13N3/c1-16-12-5-3-2-4-11(12)15-13(16)10-6-8-14-9-7-10/h2-9,13,15H,1H3. The van der Waals surface area contributed by atoms with Gasteiger partial charge in [-0.2, -0.15) is 0 Å². The Morgan fingerprint density at radius 1 is 1.12 bits per heavy atom. The first-order valence-electron chi connectivity index (χ1n) is 5.34. The van der Waals surface area contributed by atoms with E-state index in [9.17, 15) is 0 Å². The summed E-state index contributed by atoms with van der Waals surface area (Å²) in [7, 11) is 2.10. The number of nitrogens with one attached hydrogen (secondary N) is 1. The van der Waals surface area contributed by atoms with Gasteiger partial charge in [0, 0.05) is 19.4 Å². The van der Waals surface area contributed by atoms with Gasteiger partial charge in [-0.25, -0.2) is 0 Å². The largest absolute Gasteiger partial charge is 0.360 e. The maximum atomic E-state index is 4.04. The molecule has 3 heteroatoms. The van der Waals surface area contributed by atoms with Gasteiger partial charge in [0.05, 0.1) is 11.4 Å². The number of hydrogen-bond acceptors (Lipinski definition) is 3. The lowest BCUT2D eigenvalue weighted by Crippen LogP contribution is -2.23. The first-order valence-corrected chi connectivity index (χ1v) is 5.34. The Balaban J connectivity index is 1.99. The molecule has 1 aromatic carbocycles. The molecule has 80 valence electrons. The lowest BCUT2D eigenvalue weighted by atomic mass is 10.2. The quantitative estimate of drug-likeness (QED) is 0.786. The van der Waals surface area contributed by atoms with E-state index in [-0.39, 0.29) is 6.17 Å². The van der Waals surface area contributed by atoms with E-state index in [1.165, 1.54) is 16.9 Å². The molecule has 1 aliphatic heterocycles. The molecular weight excluding hydrogens is 198 g/mol. The second kappa shape index (κ2) is 3.52. The number of nitrogens with zero attached hydrogens (tertiary/aromatic N) is 2. The second-order valence-corrected chi connectivity index (χ2v) is 3.96. The van der Waals surface area contributed by atoms with E-state index in [0.29, 0.717) is 0 Å². The molecule has 3 rings (SSSR count). The molecule has 16 heavy (non-hydrogen) atoms. The third kappa shape index (κ3) is 1.33. The van der Waals surface area contributed by atoms with Crippen molar-refractivity contribution in [1.29, 1.82) is 0 Å². The van der Waals surface area contributed by atoms with Gasteiger partial charge >= 0.3 is 0 Å². The van der Waals surface area contributed by atoms with E-state index in [2.05, 4.69) is 46.5 Å². The summed E-state index contributed by atoms with van der Waals surface area (Å²) in [6.45, 7) is 0. The maximum Gasteiger partial charge on any atom is 0.125 e. The lowest BCUT2D eigenvalue weighted by Gasteiger charge is -2.22. The molecule has 0 radical (unpaired) electrons. The van der Waals surface area contributed by atoms with Crippen LogP contribution in [0.1, 0.15) is 11.7 Å². The molecule has 1 aliphatic rings.